The summed E-state index contributed by atoms with van der Waals surface area (Å²) in [7, 11) is 1.84. The number of aromatic nitrogens is 4. The molecule has 0 aliphatic rings. The van der Waals surface area contributed by atoms with Gasteiger partial charge in [-0.05, 0) is 26.3 Å². The molecule has 2 aromatic heterocycles. The van der Waals surface area contributed by atoms with Crippen LogP contribution in [0, 0.1) is 0 Å². The number of carbonyl (C=O) groups is 2. The van der Waals surface area contributed by atoms with Gasteiger partial charge in [-0.15, -0.1) is 0 Å². The summed E-state index contributed by atoms with van der Waals surface area (Å²) < 4.78 is 1.61. The van der Waals surface area contributed by atoms with Crippen LogP contribution in [0.5, 0.6) is 0 Å². The Morgan fingerprint density at radius 2 is 2.03 bits per heavy atom. The van der Waals surface area contributed by atoms with Crippen LogP contribution in [0.2, 0.25) is 0 Å². The zero-order chi connectivity index (χ0) is 22.8. The Hall–Kier alpha value is -3.28. The first-order valence-electron chi connectivity index (χ1n) is 10.3. The molecule has 2 heterocycles. The molecule has 1 atom stereocenters. The van der Waals surface area contributed by atoms with Gasteiger partial charge in [-0.2, -0.15) is 0 Å². The van der Waals surface area contributed by atoms with Crippen molar-refractivity contribution in [2.24, 2.45) is 16.5 Å². The molecule has 0 fully saturated rings. The van der Waals surface area contributed by atoms with Gasteiger partial charge in [-0.3, -0.25) is 14.6 Å². The van der Waals surface area contributed by atoms with Crippen molar-refractivity contribution in [2.75, 3.05) is 32.4 Å². The van der Waals surface area contributed by atoms with Gasteiger partial charge in [0.05, 0.1) is 12.9 Å². The zero-order valence-electron chi connectivity index (χ0n) is 18.1. The molecule has 0 saturated heterocycles. The second kappa shape index (κ2) is 11.8. The fourth-order valence-electron chi connectivity index (χ4n) is 3.14. The molecule has 0 radical (unpaired) electrons. The van der Waals surface area contributed by atoms with Crippen molar-refractivity contribution < 1.29 is 9.59 Å². The minimum absolute atomic E-state index is 0.00183. The largest absolute Gasteiger partial charge is 0.382 e. The Labute approximate surface area is 181 Å². The van der Waals surface area contributed by atoms with Crippen LogP contribution < -0.4 is 22.5 Å². The number of amides is 1. The van der Waals surface area contributed by atoms with Crippen LogP contribution in [0.3, 0.4) is 0 Å². The molecule has 2 rings (SSSR count). The number of fused-ring (bicyclic) bond motifs is 1. The van der Waals surface area contributed by atoms with Crippen molar-refractivity contribution in [2.45, 2.75) is 45.2 Å². The number of unbranched alkanes of at least 4 members (excludes halogenated alkanes) is 1. The maximum Gasteiger partial charge on any atom is 0.243 e. The third kappa shape index (κ3) is 7.17. The molecule has 2 aromatic rings. The summed E-state index contributed by atoms with van der Waals surface area (Å²) in [6, 6.07) is 0.0327. The van der Waals surface area contributed by atoms with E-state index in [-0.39, 0.29) is 42.6 Å². The van der Waals surface area contributed by atoms with Gasteiger partial charge in [0.25, 0.3) is 0 Å². The van der Waals surface area contributed by atoms with Crippen LogP contribution in [-0.4, -0.2) is 74.8 Å². The molecule has 0 unspecified atom stereocenters. The lowest BCUT2D eigenvalue weighted by Gasteiger charge is -2.27. The van der Waals surface area contributed by atoms with Crippen molar-refractivity contribution in [1.82, 2.24) is 29.7 Å². The lowest BCUT2D eigenvalue weighted by atomic mass is 10.1. The number of guanidine groups is 1. The van der Waals surface area contributed by atoms with Crippen LogP contribution in [0.1, 0.15) is 32.6 Å². The SMILES string of the molecule is CCC(=O)CN(C[C@H](CCCCN=C(N)N)NC)C(=O)Cn1cnc2c(N)ncnc21. The molecule has 31 heavy (non-hydrogen) atoms. The standard InChI is InChI=1S/C19H32N10O2/c1-3-14(30)9-28(8-13(23-2)6-4-5-7-24-19(21)22)15(31)10-29-12-27-16-17(20)25-11-26-18(16)29/h11-13,23H,3-10H2,1-2H3,(H2,20,25,26)(H4,21,22,24)/t13-/m0/s1. The Kier molecular flexibility index (Phi) is 9.13. The van der Waals surface area contributed by atoms with E-state index < -0.39 is 0 Å². The Morgan fingerprint density at radius 3 is 2.71 bits per heavy atom. The van der Waals surface area contributed by atoms with E-state index in [1.165, 1.54) is 12.7 Å². The molecule has 0 saturated carbocycles. The topological polar surface area (TPSA) is 183 Å². The molecule has 0 aliphatic carbocycles. The van der Waals surface area contributed by atoms with E-state index in [4.69, 9.17) is 17.2 Å². The van der Waals surface area contributed by atoms with Crippen molar-refractivity contribution in [3.05, 3.63) is 12.7 Å². The zero-order valence-corrected chi connectivity index (χ0v) is 18.1. The highest BCUT2D eigenvalue weighted by Gasteiger charge is 2.21. The molecular formula is C19H32N10O2. The Bertz CT molecular complexity index is 906. The van der Waals surface area contributed by atoms with Crippen molar-refractivity contribution in [3.8, 4) is 0 Å². The average molecular weight is 433 g/mol. The number of rotatable bonds is 13. The second-order valence-corrected chi connectivity index (χ2v) is 7.26. The van der Waals surface area contributed by atoms with Gasteiger partial charge in [0.2, 0.25) is 5.91 Å². The number of anilines is 1. The number of carbonyl (C=O) groups excluding carboxylic acids is 2. The van der Waals surface area contributed by atoms with E-state index in [1.54, 1.807) is 16.4 Å². The number of aliphatic imine (C=N–C) groups is 1. The molecule has 170 valence electrons. The number of hydrogen-bond donors (Lipinski definition) is 4. The predicted octanol–water partition coefficient (Wildman–Crippen LogP) is -0.752. The predicted molar refractivity (Wildman–Crippen MR) is 119 cm³/mol. The summed E-state index contributed by atoms with van der Waals surface area (Å²) in [5, 5.41) is 3.23. The minimum atomic E-state index is -0.195. The number of hydrogen-bond acceptors (Lipinski definition) is 8. The van der Waals surface area contributed by atoms with Gasteiger partial charge in [0.15, 0.2) is 23.2 Å². The van der Waals surface area contributed by atoms with Gasteiger partial charge in [0.1, 0.15) is 18.4 Å². The highest BCUT2D eigenvalue weighted by molar-refractivity contribution is 5.87. The van der Waals surface area contributed by atoms with E-state index in [0.717, 1.165) is 19.3 Å². The summed E-state index contributed by atoms with van der Waals surface area (Å²) in [4.78, 5) is 43.0. The molecule has 1 amide bonds. The lowest BCUT2D eigenvalue weighted by molar-refractivity contribution is -0.136. The van der Waals surface area contributed by atoms with Crippen LogP contribution in [0.25, 0.3) is 11.2 Å². The molecule has 12 nitrogen and oxygen atoms in total. The molecule has 0 aromatic carbocycles. The number of nitrogens with zero attached hydrogens (tertiary/aromatic N) is 6. The van der Waals surface area contributed by atoms with Crippen LogP contribution in [0.4, 0.5) is 5.82 Å². The maximum absolute atomic E-state index is 13.1. The van der Waals surface area contributed by atoms with E-state index >= 15 is 0 Å². The maximum atomic E-state index is 13.1. The number of Topliss-reactive ketones (excluding diaryl/α,β-unsaturated/α-hetero) is 1. The van der Waals surface area contributed by atoms with Gasteiger partial charge >= 0.3 is 0 Å². The van der Waals surface area contributed by atoms with Gasteiger partial charge < -0.3 is 32.0 Å². The van der Waals surface area contributed by atoms with Crippen molar-refractivity contribution in [3.63, 3.8) is 0 Å². The molecule has 12 heteroatoms. The van der Waals surface area contributed by atoms with Crippen LogP contribution in [0.15, 0.2) is 17.6 Å². The molecule has 0 bridgehead atoms. The Balaban J connectivity index is 2.05. The average Bonchev–Trinajstić information content (AvgIpc) is 3.15. The molecular weight excluding hydrogens is 400 g/mol. The molecule has 0 aliphatic heterocycles. The first-order chi connectivity index (χ1) is 14.8. The smallest absolute Gasteiger partial charge is 0.243 e. The summed E-state index contributed by atoms with van der Waals surface area (Å²) in [5.74, 6) is 0.140. The van der Waals surface area contributed by atoms with Crippen molar-refractivity contribution >= 4 is 34.6 Å². The van der Waals surface area contributed by atoms with Crippen molar-refractivity contribution in [1.29, 1.82) is 0 Å². The number of likely N-dealkylation sites (N-methyl/N-ethyl adjacent to an activating group) is 1. The highest BCUT2D eigenvalue weighted by Crippen LogP contribution is 2.14. The number of nitrogen functional groups attached to an aromatic ring is 1. The first-order valence-corrected chi connectivity index (χ1v) is 10.3. The second-order valence-electron chi connectivity index (χ2n) is 7.26. The number of imidazole rings is 1. The van der Waals surface area contributed by atoms with Crippen LogP contribution in [-0.2, 0) is 16.1 Å². The van der Waals surface area contributed by atoms with Gasteiger partial charge in [0, 0.05) is 25.6 Å². The lowest BCUT2D eigenvalue weighted by Crippen LogP contribution is -2.45. The molecule has 0 spiro atoms. The first kappa shape index (κ1) is 24.0. The van der Waals surface area contributed by atoms with E-state index in [1.807, 2.05) is 7.05 Å². The number of nitrogens with two attached hydrogens (primary N) is 3. The summed E-state index contributed by atoms with van der Waals surface area (Å²) in [6.07, 6.45) is 5.74. The summed E-state index contributed by atoms with van der Waals surface area (Å²) in [5.41, 5.74) is 17.4. The number of nitrogens with one attached hydrogen (secondary N) is 1. The normalized spacial score (nSPS) is 11.9. The van der Waals surface area contributed by atoms with E-state index in [9.17, 15) is 9.59 Å². The van der Waals surface area contributed by atoms with E-state index in [2.05, 4.69) is 25.3 Å². The van der Waals surface area contributed by atoms with E-state index in [0.29, 0.717) is 30.7 Å². The van der Waals surface area contributed by atoms with Gasteiger partial charge in [-0.25, -0.2) is 15.0 Å². The third-order valence-electron chi connectivity index (χ3n) is 4.95. The van der Waals surface area contributed by atoms with Gasteiger partial charge in [-0.1, -0.05) is 6.92 Å². The Morgan fingerprint density at radius 1 is 1.26 bits per heavy atom. The fraction of sp³-hybridized carbons (Fsp3) is 0.579. The summed E-state index contributed by atoms with van der Waals surface area (Å²) >= 11 is 0. The summed E-state index contributed by atoms with van der Waals surface area (Å²) in [6.45, 7) is 2.82. The fourth-order valence-corrected chi connectivity index (χ4v) is 3.14. The van der Waals surface area contributed by atoms with Crippen LogP contribution >= 0.6 is 0 Å². The monoisotopic (exact) mass is 432 g/mol. The third-order valence-corrected chi connectivity index (χ3v) is 4.95. The molecule has 7 N–H and O–H groups in total. The number of ketones is 1. The minimum Gasteiger partial charge on any atom is -0.382 e. The quantitative estimate of drug-likeness (QED) is 0.180. The highest BCUT2D eigenvalue weighted by atomic mass is 16.2.